The lowest BCUT2D eigenvalue weighted by Crippen LogP contribution is -2.54. The van der Waals surface area contributed by atoms with Crippen LogP contribution < -0.4 is 0 Å². The van der Waals surface area contributed by atoms with Crippen molar-refractivity contribution >= 4 is 0 Å². The predicted molar refractivity (Wildman–Crippen MR) is 90.2 cm³/mol. The van der Waals surface area contributed by atoms with E-state index in [2.05, 4.69) is 13.8 Å². The van der Waals surface area contributed by atoms with Gasteiger partial charge in [0.25, 0.3) is 0 Å². The lowest BCUT2D eigenvalue weighted by Gasteiger charge is -2.36. The predicted octanol–water partition coefficient (Wildman–Crippen LogP) is 2.75. The van der Waals surface area contributed by atoms with Crippen molar-refractivity contribution in [1.82, 2.24) is 0 Å². The first-order valence-electron chi connectivity index (χ1n) is 9.41. The molecule has 0 amide bonds. The number of aliphatic hydroxyl groups is 3. The highest BCUT2D eigenvalue weighted by atomic mass is 16.7. The van der Waals surface area contributed by atoms with Gasteiger partial charge in [-0.1, -0.05) is 65.2 Å². The van der Waals surface area contributed by atoms with E-state index in [-0.39, 0.29) is 12.7 Å². The Morgan fingerprint density at radius 1 is 0.913 bits per heavy atom. The van der Waals surface area contributed by atoms with E-state index in [0.29, 0.717) is 0 Å². The van der Waals surface area contributed by atoms with Gasteiger partial charge >= 0.3 is 0 Å². The standard InChI is InChI=1S/C18H36O5/c1-3-5-6-7-8-9-10-11-12-14(4-2)23-18-17(21)16(20)15(19)13-22-18/h14-21H,3-13H2,1-2H3/t14?,15-,16+,17-,18-/m1/s1. The number of hydrogen-bond acceptors (Lipinski definition) is 5. The minimum atomic E-state index is -1.20. The summed E-state index contributed by atoms with van der Waals surface area (Å²) in [5, 5.41) is 29.0. The van der Waals surface area contributed by atoms with Crippen molar-refractivity contribution in [2.75, 3.05) is 6.61 Å². The molecule has 23 heavy (non-hydrogen) atoms. The van der Waals surface area contributed by atoms with Gasteiger partial charge in [-0.2, -0.15) is 0 Å². The Bertz CT molecular complexity index is 287. The van der Waals surface area contributed by atoms with Gasteiger partial charge in [-0.25, -0.2) is 0 Å². The topological polar surface area (TPSA) is 79.2 Å². The first kappa shape index (κ1) is 20.8. The second kappa shape index (κ2) is 12.2. The highest BCUT2D eigenvalue weighted by Crippen LogP contribution is 2.21. The zero-order chi connectivity index (χ0) is 17.1. The van der Waals surface area contributed by atoms with Crippen LogP contribution in [0, 0.1) is 0 Å². The third-order valence-corrected chi connectivity index (χ3v) is 4.62. The number of unbranched alkanes of at least 4 members (excludes halogenated alkanes) is 7. The highest BCUT2D eigenvalue weighted by molar-refractivity contribution is 4.83. The minimum Gasteiger partial charge on any atom is -0.388 e. The summed E-state index contributed by atoms with van der Waals surface area (Å²) in [7, 11) is 0. The largest absolute Gasteiger partial charge is 0.388 e. The van der Waals surface area contributed by atoms with E-state index >= 15 is 0 Å². The summed E-state index contributed by atoms with van der Waals surface area (Å²) in [5.74, 6) is 0. The lowest BCUT2D eigenvalue weighted by molar-refractivity contribution is -0.283. The van der Waals surface area contributed by atoms with Crippen molar-refractivity contribution in [2.45, 2.75) is 109 Å². The number of aliphatic hydroxyl groups excluding tert-OH is 3. The molecule has 0 aromatic heterocycles. The molecule has 1 rings (SSSR count). The summed E-state index contributed by atoms with van der Waals surface area (Å²) in [5.41, 5.74) is 0. The van der Waals surface area contributed by atoms with E-state index in [9.17, 15) is 15.3 Å². The average molecular weight is 332 g/mol. The van der Waals surface area contributed by atoms with Gasteiger partial charge in [0.15, 0.2) is 6.29 Å². The molecule has 0 aliphatic carbocycles. The van der Waals surface area contributed by atoms with Crippen molar-refractivity contribution in [2.24, 2.45) is 0 Å². The van der Waals surface area contributed by atoms with Crippen LogP contribution in [0.4, 0.5) is 0 Å². The number of ether oxygens (including phenoxy) is 2. The van der Waals surface area contributed by atoms with Crippen LogP contribution in [0.2, 0.25) is 0 Å². The molecule has 1 aliphatic heterocycles. The summed E-state index contributed by atoms with van der Waals surface area (Å²) in [4.78, 5) is 0. The lowest BCUT2D eigenvalue weighted by atomic mass is 10.0. The summed E-state index contributed by atoms with van der Waals surface area (Å²) < 4.78 is 11.1. The molecule has 138 valence electrons. The average Bonchev–Trinajstić information content (AvgIpc) is 2.56. The maximum absolute atomic E-state index is 9.90. The molecule has 0 aromatic carbocycles. The van der Waals surface area contributed by atoms with E-state index < -0.39 is 24.6 Å². The van der Waals surface area contributed by atoms with Crippen LogP contribution in [0.25, 0.3) is 0 Å². The van der Waals surface area contributed by atoms with E-state index in [1.807, 2.05) is 0 Å². The Morgan fingerprint density at radius 3 is 2.13 bits per heavy atom. The molecular formula is C18H36O5. The van der Waals surface area contributed by atoms with Crippen LogP contribution in [0.15, 0.2) is 0 Å². The fourth-order valence-corrected chi connectivity index (χ4v) is 2.96. The van der Waals surface area contributed by atoms with Crippen molar-refractivity contribution in [3.8, 4) is 0 Å². The molecule has 3 N–H and O–H groups in total. The van der Waals surface area contributed by atoms with Gasteiger partial charge in [0.2, 0.25) is 0 Å². The zero-order valence-electron chi connectivity index (χ0n) is 14.8. The van der Waals surface area contributed by atoms with Gasteiger partial charge < -0.3 is 24.8 Å². The number of rotatable bonds is 12. The van der Waals surface area contributed by atoms with E-state index in [1.165, 1.54) is 44.9 Å². The molecule has 1 saturated heterocycles. The van der Waals surface area contributed by atoms with Gasteiger partial charge in [0.05, 0.1) is 12.7 Å². The molecule has 0 spiro atoms. The van der Waals surface area contributed by atoms with Crippen molar-refractivity contribution in [1.29, 1.82) is 0 Å². The van der Waals surface area contributed by atoms with Gasteiger partial charge in [-0.05, 0) is 12.8 Å². The van der Waals surface area contributed by atoms with E-state index in [1.54, 1.807) is 0 Å². The second-order valence-electron chi connectivity index (χ2n) is 6.68. The molecule has 1 heterocycles. The van der Waals surface area contributed by atoms with Crippen molar-refractivity contribution in [3.05, 3.63) is 0 Å². The van der Waals surface area contributed by atoms with Gasteiger partial charge in [0.1, 0.15) is 18.3 Å². The molecule has 0 bridgehead atoms. The summed E-state index contributed by atoms with van der Waals surface area (Å²) >= 11 is 0. The van der Waals surface area contributed by atoms with E-state index in [4.69, 9.17) is 9.47 Å². The summed E-state index contributed by atoms with van der Waals surface area (Å²) in [6, 6.07) is 0. The SMILES string of the molecule is CCCCCCCCCCC(CC)O[C@H]1OC[C@@H](O)[C@H](O)[C@H]1O. The Hall–Kier alpha value is -0.200. The maximum atomic E-state index is 9.90. The van der Waals surface area contributed by atoms with Crippen LogP contribution in [0.1, 0.15) is 78.1 Å². The Kier molecular flexibility index (Phi) is 11.1. The third-order valence-electron chi connectivity index (χ3n) is 4.62. The molecule has 5 heteroatoms. The van der Waals surface area contributed by atoms with Gasteiger partial charge in [-0.3, -0.25) is 0 Å². The molecule has 1 unspecified atom stereocenters. The zero-order valence-corrected chi connectivity index (χ0v) is 14.8. The molecule has 1 aliphatic rings. The second-order valence-corrected chi connectivity index (χ2v) is 6.68. The Labute approximate surface area is 141 Å². The third kappa shape index (κ3) is 7.94. The van der Waals surface area contributed by atoms with Crippen molar-refractivity contribution < 1.29 is 24.8 Å². The van der Waals surface area contributed by atoms with Crippen LogP contribution in [-0.2, 0) is 9.47 Å². The Morgan fingerprint density at radius 2 is 1.52 bits per heavy atom. The van der Waals surface area contributed by atoms with Gasteiger partial charge in [0, 0.05) is 0 Å². The minimum absolute atomic E-state index is 0.00289. The molecular weight excluding hydrogens is 296 g/mol. The first-order chi connectivity index (χ1) is 11.1. The van der Waals surface area contributed by atoms with Crippen molar-refractivity contribution in [3.63, 3.8) is 0 Å². The molecule has 0 radical (unpaired) electrons. The monoisotopic (exact) mass is 332 g/mol. The molecule has 5 nitrogen and oxygen atoms in total. The highest BCUT2D eigenvalue weighted by Gasteiger charge is 2.39. The van der Waals surface area contributed by atoms with Crippen LogP contribution >= 0.6 is 0 Å². The fraction of sp³-hybridized carbons (Fsp3) is 1.00. The van der Waals surface area contributed by atoms with Crippen LogP contribution in [0.5, 0.6) is 0 Å². The van der Waals surface area contributed by atoms with E-state index in [0.717, 1.165) is 19.3 Å². The number of hydrogen-bond donors (Lipinski definition) is 3. The normalized spacial score (nSPS) is 29.6. The fourth-order valence-electron chi connectivity index (χ4n) is 2.96. The Balaban J connectivity index is 2.14. The molecule has 0 aromatic rings. The molecule has 0 saturated carbocycles. The smallest absolute Gasteiger partial charge is 0.186 e. The quantitative estimate of drug-likeness (QED) is 0.479. The molecule has 5 atom stereocenters. The maximum Gasteiger partial charge on any atom is 0.186 e. The van der Waals surface area contributed by atoms with Crippen LogP contribution in [-0.4, -0.2) is 52.6 Å². The summed E-state index contributed by atoms with van der Waals surface area (Å²) in [6.45, 7) is 4.28. The molecule has 1 fully saturated rings. The summed E-state index contributed by atoms with van der Waals surface area (Å²) in [6.07, 6.45) is 7.77. The van der Waals surface area contributed by atoms with Crippen LogP contribution in [0.3, 0.4) is 0 Å². The van der Waals surface area contributed by atoms with Gasteiger partial charge in [-0.15, -0.1) is 0 Å². The first-order valence-corrected chi connectivity index (χ1v) is 9.41.